The van der Waals surface area contributed by atoms with Crippen LogP contribution in [0.4, 0.5) is 11.4 Å². The predicted molar refractivity (Wildman–Crippen MR) is 72.5 cm³/mol. The molecular weight excluding hydrogens is 232 g/mol. The zero-order valence-corrected chi connectivity index (χ0v) is 10.6. The molecule has 3 nitrogen and oxygen atoms in total. The molecule has 0 aliphatic rings. The van der Waals surface area contributed by atoms with Crippen molar-refractivity contribution >= 4 is 28.5 Å². The smallest absolute Gasteiger partial charge is 0.194 e. The lowest BCUT2D eigenvalue weighted by Crippen LogP contribution is -2.03. The highest BCUT2D eigenvalue weighted by Crippen LogP contribution is 2.24. The monoisotopic (exact) mass is 246 g/mol. The Morgan fingerprint density at radius 1 is 1.06 bits per heavy atom. The summed E-state index contributed by atoms with van der Waals surface area (Å²) >= 11 is 1.62. The van der Waals surface area contributed by atoms with Crippen molar-refractivity contribution in [2.24, 2.45) is 0 Å². The van der Waals surface area contributed by atoms with E-state index in [1.165, 1.54) is 0 Å². The summed E-state index contributed by atoms with van der Waals surface area (Å²) in [5.74, 6) is -0.0224. The average molecular weight is 246 g/mol. The Bertz CT molecular complexity index is 567. The normalized spacial score (nSPS) is 10.5. The Morgan fingerprint density at radius 3 is 2.12 bits per heavy atom. The topological polar surface area (TPSA) is 69.1 Å². The number of hydrogen-bond donors (Lipinski definition) is 2. The van der Waals surface area contributed by atoms with Gasteiger partial charge in [-0.3, -0.25) is 4.79 Å². The first-order chi connectivity index (χ1) is 7.97. The van der Waals surface area contributed by atoms with E-state index < -0.39 is 0 Å². The average Bonchev–Trinajstić information content (AvgIpc) is 2.55. The first-order valence-corrected chi connectivity index (χ1v) is 6.07. The predicted octanol–water partition coefficient (Wildman–Crippen LogP) is 2.76. The third-order valence-electron chi connectivity index (χ3n) is 2.53. The molecule has 0 fully saturated rings. The van der Waals surface area contributed by atoms with E-state index in [4.69, 9.17) is 11.5 Å². The molecule has 2 aromatic rings. The van der Waals surface area contributed by atoms with E-state index in [9.17, 15) is 4.79 Å². The molecular formula is C13H14N2OS. The lowest BCUT2D eigenvalue weighted by Gasteiger charge is -2.03. The summed E-state index contributed by atoms with van der Waals surface area (Å²) < 4.78 is 0. The molecule has 0 aliphatic carbocycles. The molecule has 1 heterocycles. The van der Waals surface area contributed by atoms with Gasteiger partial charge in [-0.05, 0) is 38.1 Å². The van der Waals surface area contributed by atoms with E-state index in [1.807, 2.05) is 19.9 Å². The highest BCUT2D eigenvalue weighted by molar-refractivity contribution is 7.12. The van der Waals surface area contributed by atoms with Crippen LogP contribution in [0.2, 0.25) is 0 Å². The molecule has 0 aliphatic heterocycles. The highest BCUT2D eigenvalue weighted by atomic mass is 32.1. The van der Waals surface area contributed by atoms with Gasteiger partial charge < -0.3 is 11.5 Å². The summed E-state index contributed by atoms with van der Waals surface area (Å²) in [7, 11) is 0. The summed E-state index contributed by atoms with van der Waals surface area (Å²) in [6, 6.07) is 6.86. The molecule has 0 unspecified atom stereocenters. The van der Waals surface area contributed by atoms with Crippen LogP contribution < -0.4 is 11.5 Å². The zero-order chi connectivity index (χ0) is 12.6. The highest BCUT2D eigenvalue weighted by Gasteiger charge is 2.14. The van der Waals surface area contributed by atoms with Gasteiger partial charge in [0.1, 0.15) is 0 Å². The minimum absolute atomic E-state index is 0.0224. The number of rotatable bonds is 2. The fourth-order valence-electron chi connectivity index (χ4n) is 1.82. The number of carbonyl (C=O) groups excluding carboxylic acids is 1. The number of anilines is 2. The maximum atomic E-state index is 12.3. The fourth-order valence-corrected chi connectivity index (χ4v) is 2.74. The van der Waals surface area contributed by atoms with Crippen LogP contribution in [0.5, 0.6) is 0 Å². The molecule has 4 N–H and O–H groups in total. The van der Waals surface area contributed by atoms with E-state index in [1.54, 1.807) is 29.5 Å². The fraction of sp³-hybridized carbons (Fsp3) is 0.154. The molecule has 1 aromatic carbocycles. The maximum absolute atomic E-state index is 12.3. The summed E-state index contributed by atoms with van der Waals surface area (Å²) in [5.41, 5.74) is 13.7. The van der Waals surface area contributed by atoms with Crippen molar-refractivity contribution in [3.8, 4) is 0 Å². The van der Waals surface area contributed by atoms with E-state index in [0.717, 1.165) is 15.3 Å². The molecule has 0 atom stereocenters. The maximum Gasteiger partial charge on any atom is 0.194 e. The second kappa shape index (κ2) is 4.22. The van der Waals surface area contributed by atoms with Gasteiger partial charge in [-0.15, -0.1) is 11.3 Å². The number of nitrogen functional groups attached to an aromatic ring is 2. The second-order valence-corrected chi connectivity index (χ2v) is 5.50. The zero-order valence-electron chi connectivity index (χ0n) is 9.78. The number of thiophene rings is 1. The molecule has 4 heteroatoms. The number of ketones is 1. The van der Waals surface area contributed by atoms with Gasteiger partial charge >= 0.3 is 0 Å². The van der Waals surface area contributed by atoms with Crippen LogP contribution in [-0.2, 0) is 0 Å². The van der Waals surface area contributed by atoms with Crippen molar-refractivity contribution in [3.63, 3.8) is 0 Å². The van der Waals surface area contributed by atoms with Crippen LogP contribution >= 0.6 is 11.3 Å². The Balaban J connectivity index is 2.47. The van der Waals surface area contributed by atoms with Gasteiger partial charge in [0.15, 0.2) is 5.78 Å². The molecule has 0 bridgehead atoms. The summed E-state index contributed by atoms with van der Waals surface area (Å²) in [4.78, 5) is 14.4. The standard InChI is InChI=1S/C13H14N2OS/c1-7-3-12(8(2)17-7)13(16)9-4-10(14)6-11(15)5-9/h3-6H,14-15H2,1-2H3. The third kappa shape index (κ3) is 2.31. The second-order valence-electron chi connectivity index (χ2n) is 4.04. The molecule has 2 rings (SSSR count). The van der Waals surface area contributed by atoms with Gasteiger partial charge in [0.25, 0.3) is 0 Å². The Morgan fingerprint density at radius 2 is 1.65 bits per heavy atom. The van der Waals surface area contributed by atoms with E-state index >= 15 is 0 Å². The summed E-state index contributed by atoms with van der Waals surface area (Å²) in [6.07, 6.45) is 0. The minimum Gasteiger partial charge on any atom is -0.399 e. The molecule has 0 radical (unpaired) electrons. The van der Waals surface area contributed by atoms with Crippen LogP contribution in [0.25, 0.3) is 0 Å². The van der Waals surface area contributed by atoms with Gasteiger partial charge in [0, 0.05) is 32.3 Å². The van der Waals surface area contributed by atoms with Crippen molar-refractivity contribution in [1.29, 1.82) is 0 Å². The van der Waals surface area contributed by atoms with Crippen molar-refractivity contribution < 1.29 is 4.79 Å². The molecule has 1 aromatic heterocycles. The van der Waals surface area contributed by atoms with Crippen LogP contribution in [0.3, 0.4) is 0 Å². The Hall–Kier alpha value is -1.81. The van der Waals surface area contributed by atoms with Crippen molar-refractivity contribution in [3.05, 3.63) is 45.1 Å². The van der Waals surface area contributed by atoms with E-state index in [0.29, 0.717) is 16.9 Å². The summed E-state index contributed by atoms with van der Waals surface area (Å²) in [5, 5.41) is 0. The van der Waals surface area contributed by atoms with Crippen molar-refractivity contribution in [1.82, 2.24) is 0 Å². The quantitative estimate of drug-likeness (QED) is 0.632. The molecule has 17 heavy (non-hydrogen) atoms. The number of nitrogens with two attached hydrogens (primary N) is 2. The molecule has 0 spiro atoms. The molecule has 0 saturated carbocycles. The molecule has 0 saturated heterocycles. The number of hydrogen-bond acceptors (Lipinski definition) is 4. The Kier molecular flexibility index (Phi) is 2.90. The van der Waals surface area contributed by atoms with Crippen LogP contribution in [0.15, 0.2) is 24.3 Å². The van der Waals surface area contributed by atoms with Crippen molar-refractivity contribution in [2.45, 2.75) is 13.8 Å². The summed E-state index contributed by atoms with van der Waals surface area (Å²) in [6.45, 7) is 3.93. The van der Waals surface area contributed by atoms with Gasteiger partial charge in [0.05, 0.1) is 0 Å². The van der Waals surface area contributed by atoms with Gasteiger partial charge in [-0.2, -0.15) is 0 Å². The van der Waals surface area contributed by atoms with Gasteiger partial charge in [0.2, 0.25) is 0 Å². The lowest BCUT2D eigenvalue weighted by molar-refractivity contribution is 0.103. The van der Waals surface area contributed by atoms with Gasteiger partial charge in [-0.1, -0.05) is 0 Å². The first kappa shape index (κ1) is 11.7. The molecule has 0 amide bonds. The number of benzene rings is 1. The minimum atomic E-state index is -0.0224. The molecule has 88 valence electrons. The van der Waals surface area contributed by atoms with Crippen LogP contribution in [0, 0.1) is 13.8 Å². The van der Waals surface area contributed by atoms with Crippen LogP contribution in [0.1, 0.15) is 25.7 Å². The lowest BCUT2D eigenvalue weighted by atomic mass is 10.0. The Labute approximate surface area is 104 Å². The largest absolute Gasteiger partial charge is 0.399 e. The number of carbonyl (C=O) groups is 1. The van der Waals surface area contributed by atoms with Crippen molar-refractivity contribution in [2.75, 3.05) is 11.5 Å². The third-order valence-corrected chi connectivity index (χ3v) is 3.49. The van der Waals surface area contributed by atoms with Gasteiger partial charge in [-0.25, -0.2) is 0 Å². The van der Waals surface area contributed by atoms with E-state index in [-0.39, 0.29) is 5.78 Å². The SMILES string of the molecule is Cc1cc(C(=O)c2cc(N)cc(N)c2)c(C)s1. The van der Waals surface area contributed by atoms with E-state index in [2.05, 4.69) is 0 Å². The van der Waals surface area contributed by atoms with Crippen LogP contribution in [-0.4, -0.2) is 5.78 Å². The number of aryl methyl sites for hydroxylation is 2. The first-order valence-electron chi connectivity index (χ1n) is 5.25.